The minimum atomic E-state index is -1.24. The first-order valence-corrected chi connectivity index (χ1v) is 7.29. The van der Waals surface area contributed by atoms with Gasteiger partial charge in [-0.3, -0.25) is 15.0 Å². The molecule has 0 spiro atoms. The fraction of sp³-hybridized carbons (Fsp3) is 0. The van der Waals surface area contributed by atoms with Crippen molar-refractivity contribution in [3.63, 3.8) is 0 Å². The minimum absolute atomic E-state index is 0.0301. The van der Waals surface area contributed by atoms with Crippen molar-refractivity contribution in [2.45, 2.75) is 0 Å². The van der Waals surface area contributed by atoms with E-state index in [1.165, 1.54) is 36.8 Å². The lowest BCUT2D eigenvalue weighted by Gasteiger charge is -1.96. The summed E-state index contributed by atoms with van der Waals surface area (Å²) in [6.45, 7) is 0. The van der Waals surface area contributed by atoms with Gasteiger partial charge >= 0.3 is 0 Å². The van der Waals surface area contributed by atoms with Crippen LogP contribution in [-0.2, 0) is 0 Å². The number of rotatable bonds is 3. The first-order chi connectivity index (χ1) is 12.9. The van der Waals surface area contributed by atoms with E-state index in [1.807, 2.05) is 0 Å². The predicted molar refractivity (Wildman–Crippen MR) is 85.7 cm³/mol. The molecule has 3 rings (SSSR count). The van der Waals surface area contributed by atoms with Crippen molar-refractivity contribution in [3.05, 3.63) is 90.3 Å². The zero-order valence-corrected chi connectivity index (χ0v) is 13.7. The van der Waals surface area contributed by atoms with Crippen LogP contribution in [0.3, 0.4) is 0 Å². The van der Waals surface area contributed by atoms with E-state index >= 15 is 0 Å². The molecule has 0 aliphatic rings. The van der Waals surface area contributed by atoms with E-state index in [2.05, 4.69) is 15.0 Å². The summed E-state index contributed by atoms with van der Waals surface area (Å²) in [4.78, 5) is 40.6. The van der Waals surface area contributed by atoms with Crippen LogP contribution in [-0.4, -0.2) is 32.9 Å². The highest BCUT2D eigenvalue weighted by Crippen LogP contribution is 1.90. The van der Waals surface area contributed by atoms with E-state index in [0.29, 0.717) is 0 Å². The topological polar surface area (TPSA) is 159 Å². The van der Waals surface area contributed by atoms with Crippen molar-refractivity contribution in [2.75, 3.05) is 0 Å². The Kier molecular flexibility index (Phi) is 8.84. The highest BCUT2D eigenvalue weighted by molar-refractivity contribution is 5.83. The number of nitrogens with zero attached hydrogens (tertiary/aromatic N) is 3. The molecule has 0 aromatic carbocycles. The summed E-state index contributed by atoms with van der Waals surface area (Å²) in [5, 5.41) is 30.1. The van der Waals surface area contributed by atoms with Gasteiger partial charge in [0, 0.05) is 18.6 Å². The molecular weight excluding hydrogens is 354 g/mol. The summed E-state index contributed by atoms with van der Waals surface area (Å²) in [5.41, 5.74) is -0.0903. The highest BCUT2D eigenvalue weighted by Gasteiger charge is 1.89. The van der Waals surface area contributed by atoms with Crippen molar-refractivity contribution in [1.82, 2.24) is 15.0 Å². The molecule has 27 heavy (non-hydrogen) atoms. The molecule has 138 valence electrons. The maximum Gasteiger partial charge on any atom is 0.0899 e. The Hall–Kier alpha value is -4.14. The maximum absolute atomic E-state index is 10.0. The van der Waals surface area contributed by atoms with Crippen LogP contribution < -0.4 is 15.3 Å². The quantitative estimate of drug-likeness (QED) is 0.528. The fourth-order valence-electron chi connectivity index (χ4n) is 1.45. The molecule has 0 bridgehead atoms. The predicted octanol–water partition coefficient (Wildman–Crippen LogP) is -1.66. The second-order valence-electron chi connectivity index (χ2n) is 4.51. The standard InChI is InChI=1S/3C6H5NO2/c3*8-6(9)5-3-1-2-4-7-5/h3*1-4H,(H,8,9)/p-3. The fourth-order valence-corrected chi connectivity index (χ4v) is 1.45. The molecule has 3 heterocycles. The first kappa shape index (κ1) is 20.9. The van der Waals surface area contributed by atoms with Crippen molar-refractivity contribution in [1.29, 1.82) is 0 Å². The third kappa shape index (κ3) is 8.49. The third-order valence-corrected chi connectivity index (χ3v) is 2.62. The molecule has 0 fully saturated rings. The van der Waals surface area contributed by atoms with Crippen LogP contribution in [0, 0.1) is 0 Å². The zero-order chi connectivity index (χ0) is 20.1. The SMILES string of the molecule is O=C([O-])c1ccccn1.O=C([O-])c1ccccn1.O=C([O-])c1ccccn1. The van der Waals surface area contributed by atoms with Gasteiger partial charge in [-0.1, -0.05) is 18.2 Å². The van der Waals surface area contributed by atoms with Gasteiger partial charge < -0.3 is 29.7 Å². The lowest BCUT2D eigenvalue weighted by molar-refractivity contribution is -0.256. The van der Waals surface area contributed by atoms with E-state index in [-0.39, 0.29) is 17.1 Å². The monoisotopic (exact) mass is 366 g/mol. The summed E-state index contributed by atoms with van der Waals surface area (Å²) in [7, 11) is 0. The molecular formula is C18H12N3O6-3. The Morgan fingerprint density at radius 2 is 0.778 bits per heavy atom. The van der Waals surface area contributed by atoms with Gasteiger partial charge in [0.25, 0.3) is 0 Å². The maximum atomic E-state index is 10.0. The molecule has 0 amide bonds. The van der Waals surface area contributed by atoms with Gasteiger partial charge in [-0.2, -0.15) is 0 Å². The number of aromatic carboxylic acids is 3. The molecule has 9 heteroatoms. The largest absolute Gasteiger partial charge is 0.543 e. The number of hydrogen-bond acceptors (Lipinski definition) is 9. The molecule has 0 atom stereocenters. The second kappa shape index (κ2) is 11.4. The Labute approximate surface area is 153 Å². The van der Waals surface area contributed by atoms with Crippen LogP contribution in [0.25, 0.3) is 0 Å². The molecule has 0 saturated heterocycles. The molecule has 0 radical (unpaired) electrons. The molecule has 0 aliphatic carbocycles. The molecule has 0 N–H and O–H groups in total. The number of carboxylic acids is 3. The Morgan fingerprint density at radius 1 is 0.519 bits per heavy atom. The molecule has 9 nitrogen and oxygen atoms in total. The summed E-state index contributed by atoms with van der Waals surface area (Å²) in [6, 6.07) is 13.9. The van der Waals surface area contributed by atoms with E-state index in [4.69, 9.17) is 0 Å². The summed E-state index contributed by atoms with van der Waals surface area (Å²) in [6.07, 6.45) is 4.22. The first-order valence-electron chi connectivity index (χ1n) is 7.29. The van der Waals surface area contributed by atoms with Gasteiger partial charge in [0.05, 0.1) is 35.0 Å². The Balaban J connectivity index is 0.000000202. The van der Waals surface area contributed by atoms with E-state index in [1.54, 1.807) is 36.4 Å². The van der Waals surface area contributed by atoms with Gasteiger partial charge in [-0.15, -0.1) is 0 Å². The van der Waals surface area contributed by atoms with Gasteiger partial charge in [0.1, 0.15) is 0 Å². The normalized spacial score (nSPS) is 8.89. The van der Waals surface area contributed by atoms with Gasteiger partial charge in [0.2, 0.25) is 0 Å². The van der Waals surface area contributed by atoms with E-state index < -0.39 is 17.9 Å². The minimum Gasteiger partial charge on any atom is -0.543 e. The lowest BCUT2D eigenvalue weighted by atomic mass is 10.4. The summed E-state index contributed by atoms with van der Waals surface area (Å²) >= 11 is 0. The smallest absolute Gasteiger partial charge is 0.0899 e. The number of aromatic nitrogens is 3. The lowest BCUT2D eigenvalue weighted by Crippen LogP contribution is -2.23. The molecule has 3 aromatic heterocycles. The molecule has 0 unspecified atom stereocenters. The van der Waals surface area contributed by atoms with Gasteiger partial charge in [0.15, 0.2) is 0 Å². The Bertz CT molecular complexity index is 740. The van der Waals surface area contributed by atoms with Crippen molar-refractivity contribution >= 4 is 17.9 Å². The number of hydrogen-bond donors (Lipinski definition) is 0. The molecule has 0 saturated carbocycles. The zero-order valence-electron chi connectivity index (χ0n) is 13.7. The van der Waals surface area contributed by atoms with Crippen LogP contribution in [0.1, 0.15) is 31.5 Å². The Morgan fingerprint density at radius 3 is 0.889 bits per heavy atom. The number of carbonyl (C=O) groups is 3. The van der Waals surface area contributed by atoms with E-state index in [0.717, 1.165) is 0 Å². The van der Waals surface area contributed by atoms with Crippen molar-refractivity contribution in [2.24, 2.45) is 0 Å². The summed E-state index contributed by atoms with van der Waals surface area (Å²) in [5.74, 6) is -3.72. The van der Waals surface area contributed by atoms with Crippen molar-refractivity contribution in [3.8, 4) is 0 Å². The average molecular weight is 366 g/mol. The van der Waals surface area contributed by atoms with Gasteiger partial charge in [-0.25, -0.2) is 0 Å². The van der Waals surface area contributed by atoms with Crippen LogP contribution in [0.4, 0.5) is 0 Å². The second-order valence-corrected chi connectivity index (χ2v) is 4.51. The molecule has 0 aliphatic heterocycles. The average Bonchev–Trinajstić information content (AvgIpc) is 2.71. The molecule has 3 aromatic rings. The third-order valence-electron chi connectivity index (χ3n) is 2.62. The van der Waals surface area contributed by atoms with Crippen LogP contribution in [0.15, 0.2) is 73.2 Å². The highest BCUT2D eigenvalue weighted by atomic mass is 16.4. The summed E-state index contributed by atoms with van der Waals surface area (Å²) < 4.78 is 0. The number of carbonyl (C=O) groups excluding carboxylic acids is 3. The number of pyridine rings is 3. The number of carboxylic acid groups (broad SMARTS) is 3. The van der Waals surface area contributed by atoms with E-state index in [9.17, 15) is 29.7 Å². The van der Waals surface area contributed by atoms with Crippen molar-refractivity contribution < 1.29 is 29.7 Å². The van der Waals surface area contributed by atoms with Crippen LogP contribution in [0.5, 0.6) is 0 Å². The van der Waals surface area contributed by atoms with Crippen LogP contribution >= 0.6 is 0 Å². The van der Waals surface area contributed by atoms with Crippen LogP contribution in [0.2, 0.25) is 0 Å². The van der Waals surface area contributed by atoms with Gasteiger partial charge in [-0.05, 0) is 36.4 Å².